The fourth-order valence-corrected chi connectivity index (χ4v) is 2.65. The maximum Gasteiger partial charge on any atom is 0.349 e. The summed E-state index contributed by atoms with van der Waals surface area (Å²) in [5, 5.41) is 11.9. The first kappa shape index (κ1) is 20.7. The largest absolute Gasteiger partial charge is 0.497 e. The molecule has 0 aliphatic carbocycles. The van der Waals surface area contributed by atoms with Crippen LogP contribution in [0.1, 0.15) is 12.5 Å². The molecule has 1 amide bonds. The Labute approximate surface area is 173 Å². The minimum absolute atomic E-state index is 0.223. The molecule has 8 nitrogen and oxygen atoms in total. The molecule has 2 aromatic carbocycles. The molecular weight excluding hydrogens is 388 g/mol. The number of hydrogen-bond donors (Lipinski definition) is 1. The van der Waals surface area contributed by atoms with Crippen molar-refractivity contribution in [2.75, 3.05) is 25.6 Å². The summed E-state index contributed by atoms with van der Waals surface area (Å²) < 4.78 is 21.1. The highest BCUT2D eigenvalue weighted by Crippen LogP contribution is 2.32. The Bertz CT molecular complexity index is 1010. The summed E-state index contributed by atoms with van der Waals surface area (Å²) in [5.41, 5.74) is 0.873. The molecule has 8 heteroatoms. The van der Waals surface area contributed by atoms with Gasteiger partial charge in [0.05, 0.1) is 7.11 Å². The van der Waals surface area contributed by atoms with Gasteiger partial charge < -0.3 is 24.3 Å². The summed E-state index contributed by atoms with van der Waals surface area (Å²) in [6.45, 7) is 2.32. The maximum atomic E-state index is 12.4. The van der Waals surface area contributed by atoms with E-state index in [2.05, 4.69) is 5.32 Å². The number of ether oxygens (including phenoxy) is 4. The molecule has 1 aliphatic rings. The Balaban J connectivity index is 1.62. The Hall–Kier alpha value is -3.99. The molecule has 154 valence electrons. The van der Waals surface area contributed by atoms with Gasteiger partial charge in [-0.1, -0.05) is 12.1 Å². The fraction of sp³-hybridized carbons (Fsp3) is 0.227. The van der Waals surface area contributed by atoms with Crippen molar-refractivity contribution >= 4 is 23.6 Å². The summed E-state index contributed by atoms with van der Waals surface area (Å²) in [4.78, 5) is 24.7. The molecule has 0 saturated carbocycles. The lowest BCUT2D eigenvalue weighted by Gasteiger charge is -2.19. The lowest BCUT2D eigenvalue weighted by atomic mass is 10.1. The average Bonchev–Trinajstić information content (AvgIpc) is 2.77. The van der Waals surface area contributed by atoms with Gasteiger partial charge in [0.15, 0.2) is 17.6 Å². The van der Waals surface area contributed by atoms with Crippen molar-refractivity contribution in [1.29, 1.82) is 5.26 Å². The molecule has 1 unspecified atom stereocenters. The quantitative estimate of drug-likeness (QED) is 0.445. The molecule has 0 spiro atoms. The Morgan fingerprint density at radius 1 is 1.13 bits per heavy atom. The van der Waals surface area contributed by atoms with Crippen LogP contribution in [0.25, 0.3) is 6.08 Å². The number of anilines is 1. The van der Waals surface area contributed by atoms with Crippen LogP contribution in [0.2, 0.25) is 0 Å². The summed E-state index contributed by atoms with van der Waals surface area (Å²) in [5.74, 6) is 0.344. The van der Waals surface area contributed by atoms with Crippen molar-refractivity contribution in [1.82, 2.24) is 0 Å². The van der Waals surface area contributed by atoms with Gasteiger partial charge in [-0.25, -0.2) is 4.79 Å². The fourth-order valence-electron chi connectivity index (χ4n) is 2.65. The lowest BCUT2D eigenvalue weighted by molar-refractivity contribution is -0.148. The van der Waals surface area contributed by atoms with Gasteiger partial charge in [-0.2, -0.15) is 5.26 Å². The number of rotatable bonds is 6. The van der Waals surface area contributed by atoms with E-state index in [-0.39, 0.29) is 5.57 Å². The smallest absolute Gasteiger partial charge is 0.349 e. The highest BCUT2D eigenvalue weighted by atomic mass is 16.6. The van der Waals surface area contributed by atoms with Gasteiger partial charge in [0, 0.05) is 11.8 Å². The van der Waals surface area contributed by atoms with Crippen LogP contribution in [-0.4, -0.2) is 38.3 Å². The predicted molar refractivity (Wildman–Crippen MR) is 108 cm³/mol. The number of nitriles is 1. The van der Waals surface area contributed by atoms with Crippen LogP contribution in [-0.2, 0) is 14.3 Å². The molecular formula is C22H20N2O6. The van der Waals surface area contributed by atoms with Crippen LogP contribution in [0.3, 0.4) is 0 Å². The van der Waals surface area contributed by atoms with E-state index < -0.39 is 18.0 Å². The molecule has 0 fully saturated rings. The normalized spacial score (nSPS) is 13.6. The number of hydrogen-bond acceptors (Lipinski definition) is 7. The van der Waals surface area contributed by atoms with E-state index in [9.17, 15) is 14.9 Å². The minimum Gasteiger partial charge on any atom is -0.497 e. The zero-order valence-corrected chi connectivity index (χ0v) is 16.5. The third-order valence-corrected chi connectivity index (χ3v) is 4.23. The number of nitrogens with zero attached hydrogens (tertiary/aromatic N) is 1. The van der Waals surface area contributed by atoms with Crippen LogP contribution in [0.4, 0.5) is 5.69 Å². The maximum absolute atomic E-state index is 12.4. The summed E-state index contributed by atoms with van der Waals surface area (Å²) in [7, 11) is 1.54. The van der Waals surface area contributed by atoms with Crippen LogP contribution in [0.5, 0.6) is 17.2 Å². The Morgan fingerprint density at radius 3 is 2.50 bits per heavy atom. The minimum atomic E-state index is -1.11. The molecule has 1 heterocycles. The molecule has 3 rings (SSSR count). The highest BCUT2D eigenvalue weighted by Gasteiger charge is 2.21. The predicted octanol–water partition coefficient (Wildman–Crippen LogP) is 2.94. The number of fused-ring (bicyclic) bond motifs is 1. The summed E-state index contributed by atoms with van der Waals surface area (Å²) >= 11 is 0. The van der Waals surface area contributed by atoms with Crippen LogP contribution in [0, 0.1) is 11.3 Å². The van der Waals surface area contributed by atoms with Crippen molar-refractivity contribution in [3.8, 4) is 23.3 Å². The second kappa shape index (κ2) is 9.47. The van der Waals surface area contributed by atoms with E-state index in [1.54, 1.807) is 55.6 Å². The van der Waals surface area contributed by atoms with Crippen LogP contribution >= 0.6 is 0 Å². The zero-order valence-electron chi connectivity index (χ0n) is 16.5. The molecule has 0 saturated heterocycles. The van der Waals surface area contributed by atoms with Gasteiger partial charge in [0.25, 0.3) is 5.91 Å². The van der Waals surface area contributed by atoms with Gasteiger partial charge in [-0.3, -0.25) is 4.79 Å². The van der Waals surface area contributed by atoms with Crippen LogP contribution < -0.4 is 19.5 Å². The number of benzene rings is 2. The number of nitrogens with one attached hydrogen (secondary N) is 1. The van der Waals surface area contributed by atoms with E-state index in [0.717, 1.165) is 0 Å². The molecule has 2 aromatic rings. The zero-order chi connectivity index (χ0) is 21.5. The van der Waals surface area contributed by atoms with E-state index in [4.69, 9.17) is 18.9 Å². The second-order valence-corrected chi connectivity index (χ2v) is 6.34. The number of esters is 1. The van der Waals surface area contributed by atoms with Gasteiger partial charge in [0.1, 0.15) is 30.6 Å². The van der Waals surface area contributed by atoms with Crippen molar-refractivity contribution in [3.05, 3.63) is 53.6 Å². The monoisotopic (exact) mass is 408 g/mol. The molecule has 0 aromatic heterocycles. The molecule has 0 bridgehead atoms. The van der Waals surface area contributed by atoms with Crippen molar-refractivity contribution in [3.63, 3.8) is 0 Å². The highest BCUT2D eigenvalue weighted by molar-refractivity contribution is 6.01. The first-order valence-electron chi connectivity index (χ1n) is 9.17. The number of amides is 1. The van der Waals surface area contributed by atoms with Gasteiger partial charge in [-0.15, -0.1) is 0 Å². The SMILES string of the molecule is COc1ccc(/C=C(\C#N)C(=O)OC(C)C(=O)Nc2ccc3c(c2)OCCO3)cc1. The number of methoxy groups -OCH3 is 1. The first-order valence-corrected chi connectivity index (χ1v) is 9.17. The number of carbonyl (C=O) groups is 2. The number of carbonyl (C=O) groups excluding carboxylic acids is 2. The standard InChI is InChI=1S/C22H20N2O6/c1-14(21(25)24-17-5-8-19-20(12-17)29-10-9-28-19)30-22(26)16(13-23)11-15-3-6-18(27-2)7-4-15/h3-8,11-12,14H,9-10H2,1-2H3,(H,24,25)/b16-11+. The Kier molecular flexibility index (Phi) is 6.55. The molecule has 30 heavy (non-hydrogen) atoms. The third kappa shape index (κ3) is 5.08. The summed E-state index contributed by atoms with van der Waals surface area (Å²) in [6.07, 6.45) is 0.269. The van der Waals surface area contributed by atoms with Gasteiger partial charge in [-0.05, 0) is 42.8 Å². The van der Waals surface area contributed by atoms with Gasteiger partial charge in [0.2, 0.25) is 0 Å². The molecule has 1 atom stereocenters. The summed E-state index contributed by atoms with van der Waals surface area (Å²) in [6, 6.07) is 13.6. The topological polar surface area (TPSA) is 107 Å². The molecule has 0 radical (unpaired) electrons. The molecule has 1 N–H and O–H groups in total. The second-order valence-electron chi connectivity index (χ2n) is 6.34. The van der Waals surface area contributed by atoms with Crippen LogP contribution in [0.15, 0.2) is 48.0 Å². The van der Waals surface area contributed by atoms with Gasteiger partial charge >= 0.3 is 5.97 Å². The van der Waals surface area contributed by atoms with Crippen molar-refractivity contribution in [2.45, 2.75) is 13.0 Å². The van der Waals surface area contributed by atoms with Crippen molar-refractivity contribution in [2.24, 2.45) is 0 Å². The van der Waals surface area contributed by atoms with E-state index in [1.807, 2.05) is 0 Å². The van der Waals surface area contributed by atoms with Crippen molar-refractivity contribution < 1.29 is 28.5 Å². The average molecular weight is 408 g/mol. The van der Waals surface area contributed by atoms with E-state index in [1.165, 1.54) is 13.0 Å². The molecule has 1 aliphatic heterocycles. The third-order valence-electron chi connectivity index (χ3n) is 4.23. The van der Waals surface area contributed by atoms with E-state index in [0.29, 0.717) is 41.7 Å². The first-order chi connectivity index (χ1) is 14.5. The Morgan fingerprint density at radius 2 is 1.83 bits per heavy atom. The lowest BCUT2D eigenvalue weighted by Crippen LogP contribution is -2.30. The van der Waals surface area contributed by atoms with E-state index >= 15 is 0 Å².